The topological polar surface area (TPSA) is 60.5 Å². The molecule has 0 saturated carbocycles. The van der Waals surface area contributed by atoms with Crippen molar-refractivity contribution in [2.24, 2.45) is 0 Å². The van der Waals surface area contributed by atoms with Crippen molar-refractivity contribution in [3.8, 4) is 0 Å². The lowest BCUT2D eigenvalue weighted by Crippen LogP contribution is -2.28. The van der Waals surface area contributed by atoms with Crippen molar-refractivity contribution >= 4 is 11.7 Å². The van der Waals surface area contributed by atoms with Crippen LogP contribution in [0, 0.1) is 0 Å². The molecule has 1 saturated heterocycles. The maximum Gasteiger partial charge on any atom is 0.340 e. The summed E-state index contributed by atoms with van der Waals surface area (Å²) >= 11 is 0. The summed E-state index contributed by atoms with van der Waals surface area (Å²) in [4.78, 5) is 16.1. The average Bonchev–Trinajstić information content (AvgIpc) is 2.38. The van der Waals surface area contributed by atoms with E-state index in [1.165, 1.54) is 6.20 Å². The maximum absolute atomic E-state index is 12.0. The number of aromatic nitrogens is 1. The van der Waals surface area contributed by atoms with E-state index in [1.54, 1.807) is 12.3 Å². The van der Waals surface area contributed by atoms with E-state index in [1.807, 2.05) is 20.8 Å². The Balaban J connectivity index is 2.01. The van der Waals surface area contributed by atoms with Crippen molar-refractivity contribution in [1.29, 1.82) is 0 Å². The third-order valence-corrected chi connectivity index (χ3v) is 2.96. The van der Waals surface area contributed by atoms with Crippen molar-refractivity contribution < 1.29 is 14.3 Å². The van der Waals surface area contributed by atoms with Gasteiger partial charge >= 0.3 is 5.97 Å². The molecule has 1 aromatic rings. The zero-order valence-corrected chi connectivity index (χ0v) is 12.3. The largest absolute Gasteiger partial charge is 0.456 e. The van der Waals surface area contributed by atoms with E-state index >= 15 is 0 Å². The molecule has 5 heteroatoms. The number of nitrogens with zero attached hydrogens (tertiary/aromatic N) is 1. The predicted molar refractivity (Wildman–Crippen MR) is 76.9 cm³/mol. The van der Waals surface area contributed by atoms with Crippen LogP contribution in [0.5, 0.6) is 0 Å². The van der Waals surface area contributed by atoms with Crippen LogP contribution >= 0.6 is 0 Å². The minimum Gasteiger partial charge on any atom is -0.456 e. The zero-order valence-electron chi connectivity index (χ0n) is 12.3. The summed E-state index contributed by atoms with van der Waals surface area (Å²) in [6, 6.07) is 2.16. The molecule has 5 nitrogen and oxygen atoms in total. The molecule has 0 unspecified atom stereocenters. The van der Waals surface area contributed by atoms with Crippen LogP contribution in [0.15, 0.2) is 18.5 Å². The van der Waals surface area contributed by atoms with E-state index < -0.39 is 5.60 Å². The van der Waals surface area contributed by atoms with Gasteiger partial charge in [-0.15, -0.1) is 0 Å². The summed E-state index contributed by atoms with van der Waals surface area (Å²) in [5, 5.41) is 3.39. The molecule has 0 spiro atoms. The summed E-state index contributed by atoms with van der Waals surface area (Å²) in [5.41, 5.74) is 0.818. The Labute approximate surface area is 119 Å². The van der Waals surface area contributed by atoms with Crippen LogP contribution in [0.4, 0.5) is 5.69 Å². The number of ether oxygens (including phenoxy) is 2. The van der Waals surface area contributed by atoms with Crippen LogP contribution in [-0.2, 0) is 9.47 Å². The molecule has 1 aliphatic rings. The minimum atomic E-state index is -0.499. The monoisotopic (exact) mass is 278 g/mol. The Morgan fingerprint density at radius 2 is 2.05 bits per heavy atom. The van der Waals surface area contributed by atoms with E-state index in [0.29, 0.717) is 11.6 Å². The van der Waals surface area contributed by atoms with E-state index in [0.717, 1.165) is 31.7 Å². The van der Waals surface area contributed by atoms with Gasteiger partial charge < -0.3 is 14.8 Å². The lowest BCUT2D eigenvalue weighted by molar-refractivity contribution is 0.00691. The number of pyridine rings is 1. The summed E-state index contributed by atoms with van der Waals surface area (Å²) in [5.74, 6) is -0.347. The Bertz CT molecular complexity index is 462. The third-order valence-electron chi connectivity index (χ3n) is 2.96. The number of hydrogen-bond acceptors (Lipinski definition) is 5. The first kappa shape index (κ1) is 14.8. The molecule has 1 fully saturated rings. The number of anilines is 1. The highest BCUT2D eigenvalue weighted by Crippen LogP contribution is 2.17. The molecule has 1 N–H and O–H groups in total. The van der Waals surface area contributed by atoms with Crippen LogP contribution in [0.1, 0.15) is 44.0 Å². The van der Waals surface area contributed by atoms with Gasteiger partial charge in [0.2, 0.25) is 0 Å². The highest BCUT2D eigenvalue weighted by atomic mass is 16.6. The molecule has 0 amide bonds. The second kappa shape index (κ2) is 6.22. The molecular formula is C15H22N2O3. The second-order valence-electron chi connectivity index (χ2n) is 6.00. The lowest BCUT2D eigenvalue weighted by Gasteiger charge is -2.24. The molecule has 20 heavy (non-hydrogen) atoms. The smallest absolute Gasteiger partial charge is 0.340 e. The van der Waals surface area contributed by atoms with E-state index in [4.69, 9.17) is 9.47 Å². The Kier molecular flexibility index (Phi) is 4.60. The van der Waals surface area contributed by atoms with Crippen molar-refractivity contribution in [3.63, 3.8) is 0 Å². The van der Waals surface area contributed by atoms with Gasteiger partial charge in [-0.1, -0.05) is 0 Å². The van der Waals surface area contributed by atoms with Gasteiger partial charge in [0, 0.05) is 31.6 Å². The van der Waals surface area contributed by atoms with Crippen LogP contribution in [0.2, 0.25) is 0 Å². The fraction of sp³-hybridized carbons (Fsp3) is 0.600. The van der Waals surface area contributed by atoms with Crippen LogP contribution in [0.25, 0.3) is 0 Å². The molecule has 110 valence electrons. The zero-order chi connectivity index (χ0) is 14.6. The lowest BCUT2D eigenvalue weighted by atomic mass is 10.1. The highest BCUT2D eigenvalue weighted by Gasteiger charge is 2.19. The minimum absolute atomic E-state index is 0.347. The number of esters is 1. The van der Waals surface area contributed by atoms with Gasteiger partial charge in [0.1, 0.15) is 5.60 Å². The van der Waals surface area contributed by atoms with Gasteiger partial charge in [-0.2, -0.15) is 0 Å². The van der Waals surface area contributed by atoms with Crippen molar-refractivity contribution in [2.45, 2.75) is 45.3 Å². The number of hydrogen-bond donors (Lipinski definition) is 1. The molecule has 1 aliphatic heterocycles. The normalized spacial score (nSPS) is 16.8. The molecule has 2 rings (SSSR count). The van der Waals surface area contributed by atoms with Gasteiger partial charge in [0.05, 0.1) is 11.3 Å². The first-order valence-corrected chi connectivity index (χ1v) is 6.97. The highest BCUT2D eigenvalue weighted by molar-refractivity contribution is 5.90. The molecule has 0 atom stereocenters. The number of carbonyl (C=O) groups is 1. The summed E-state index contributed by atoms with van der Waals surface area (Å²) in [7, 11) is 0. The summed E-state index contributed by atoms with van der Waals surface area (Å²) in [6.45, 7) is 7.10. The SMILES string of the molecule is CC(C)(C)OC(=O)c1cncc(NC2CCOCC2)c1. The molecule has 0 bridgehead atoms. The Morgan fingerprint density at radius 1 is 1.35 bits per heavy atom. The fourth-order valence-corrected chi connectivity index (χ4v) is 2.05. The van der Waals surface area contributed by atoms with Crippen molar-refractivity contribution in [3.05, 3.63) is 24.0 Å². The molecule has 0 radical (unpaired) electrons. The summed E-state index contributed by atoms with van der Waals surface area (Å²) < 4.78 is 10.7. The van der Waals surface area contributed by atoms with Crippen LogP contribution in [0.3, 0.4) is 0 Å². The molecule has 2 heterocycles. The first-order valence-electron chi connectivity index (χ1n) is 6.97. The second-order valence-corrected chi connectivity index (χ2v) is 6.00. The van der Waals surface area contributed by atoms with Gasteiger partial charge in [0.25, 0.3) is 0 Å². The molecule has 0 aliphatic carbocycles. The van der Waals surface area contributed by atoms with E-state index in [2.05, 4.69) is 10.3 Å². The van der Waals surface area contributed by atoms with Gasteiger partial charge in [0.15, 0.2) is 0 Å². The van der Waals surface area contributed by atoms with Gasteiger partial charge in [-0.05, 0) is 39.7 Å². The molecular weight excluding hydrogens is 256 g/mol. The fourth-order valence-electron chi connectivity index (χ4n) is 2.05. The average molecular weight is 278 g/mol. The first-order chi connectivity index (χ1) is 9.44. The predicted octanol–water partition coefficient (Wildman–Crippen LogP) is 2.63. The quantitative estimate of drug-likeness (QED) is 0.861. The number of rotatable bonds is 3. The van der Waals surface area contributed by atoms with Crippen molar-refractivity contribution in [2.75, 3.05) is 18.5 Å². The Hall–Kier alpha value is -1.62. The van der Waals surface area contributed by atoms with Gasteiger partial charge in [-0.25, -0.2) is 4.79 Å². The van der Waals surface area contributed by atoms with Crippen molar-refractivity contribution in [1.82, 2.24) is 4.98 Å². The van der Waals surface area contributed by atoms with E-state index in [9.17, 15) is 4.79 Å². The van der Waals surface area contributed by atoms with Crippen LogP contribution in [-0.4, -0.2) is 35.8 Å². The van der Waals surface area contributed by atoms with E-state index in [-0.39, 0.29) is 5.97 Å². The Morgan fingerprint density at radius 3 is 2.70 bits per heavy atom. The van der Waals surface area contributed by atoms with Gasteiger partial charge in [-0.3, -0.25) is 4.98 Å². The number of nitrogens with one attached hydrogen (secondary N) is 1. The summed E-state index contributed by atoms with van der Waals surface area (Å²) in [6.07, 6.45) is 5.19. The standard InChI is InChI=1S/C15H22N2O3/c1-15(2,3)20-14(18)11-8-13(10-16-9-11)17-12-4-6-19-7-5-12/h8-10,12,17H,4-7H2,1-3H3. The molecule has 1 aromatic heterocycles. The van der Waals surface area contributed by atoms with Crippen LogP contribution < -0.4 is 5.32 Å². The third kappa shape index (κ3) is 4.49. The molecule has 0 aromatic carbocycles. The number of carbonyl (C=O) groups excluding carboxylic acids is 1. The maximum atomic E-state index is 12.0.